The third-order valence-corrected chi connectivity index (χ3v) is 5.09. The Morgan fingerprint density at radius 3 is 2.92 bits per heavy atom. The van der Waals surface area contributed by atoms with E-state index in [4.69, 9.17) is 16.3 Å². The van der Waals surface area contributed by atoms with E-state index < -0.39 is 6.10 Å². The smallest absolute Gasteiger partial charge is 0.263 e. The van der Waals surface area contributed by atoms with Crippen molar-refractivity contribution in [2.75, 3.05) is 7.05 Å². The lowest BCUT2D eigenvalue weighted by atomic mass is 10.2. The number of imidazole rings is 1. The van der Waals surface area contributed by atoms with Crippen LogP contribution in [0.4, 0.5) is 0 Å². The van der Waals surface area contributed by atoms with Crippen LogP contribution in [0, 0.1) is 13.8 Å². The highest BCUT2D eigenvalue weighted by Gasteiger charge is 2.22. The first kappa shape index (κ1) is 17.8. The molecule has 0 aliphatic heterocycles. The lowest BCUT2D eigenvalue weighted by Crippen LogP contribution is -2.37. The predicted octanol–water partition coefficient (Wildman–Crippen LogP) is 4.09. The average molecular weight is 378 g/mol. The Morgan fingerprint density at radius 1 is 1.44 bits per heavy atom. The largest absolute Gasteiger partial charge is 0.481 e. The van der Waals surface area contributed by atoms with E-state index in [2.05, 4.69) is 15.6 Å². The van der Waals surface area contributed by atoms with Crippen LogP contribution in [-0.4, -0.2) is 33.3 Å². The van der Waals surface area contributed by atoms with Crippen molar-refractivity contribution in [3.05, 3.63) is 51.7 Å². The molecular weight excluding hydrogens is 358 g/mol. The number of carbonyl (C=O) groups excluding carboxylic acids is 1. The predicted molar refractivity (Wildman–Crippen MR) is 101 cm³/mol. The van der Waals surface area contributed by atoms with Gasteiger partial charge in [-0.05, 0) is 39.0 Å². The number of amides is 1. The number of hydrogen-bond donors (Lipinski definition) is 0. The second kappa shape index (κ2) is 7.06. The Hall–Kier alpha value is -2.05. The van der Waals surface area contributed by atoms with E-state index >= 15 is 0 Å². The first-order chi connectivity index (χ1) is 11.8. The fraction of sp³-hybridized carbons (Fsp3) is 0.333. The molecule has 1 amide bonds. The van der Waals surface area contributed by atoms with E-state index in [-0.39, 0.29) is 5.91 Å². The summed E-state index contributed by atoms with van der Waals surface area (Å²) >= 11 is 7.60. The minimum Gasteiger partial charge on any atom is -0.481 e. The molecule has 25 heavy (non-hydrogen) atoms. The van der Waals surface area contributed by atoms with Crippen LogP contribution in [0.1, 0.15) is 23.2 Å². The molecule has 132 valence electrons. The molecule has 7 heteroatoms. The van der Waals surface area contributed by atoms with Crippen molar-refractivity contribution in [3.8, 4) is 5.75 Å². The fourth-order valence-corrected chi connectivity index (χ4v) is 3.78. The molecule has 0 N–H and O–H groups in total. The zero-order valence-electron chi connectivity index (χ0n) is 14.6. The van der Waals surface area contributed by atoms with Crippen molar-refractivity contribution in [1.82, 2.24) is 14.3 Å². The SMILES string of the molecule is Cc1cn2c(CN(C)C(=O)C(C)Oc3cccc(Cl)c3)c(C)nc2s1. The number of benzene rings is 1. The summed E-state index contributed by atoms with van der Waals surface area (Å²) in [6.07, 6.45) is 1.45. The summed E-state index contributed by atoms with van der Waals surface area (Å²) in [6.45, 7) is 6.24. The van der Waals surface area contributed by atoms with E-state index in [0.29, 0.717) is 17.3 Å². The van der Waals surface area contributed by atoms with Gasteiger partial charge in [-0.15, -0.1) is 11.3 Å². The van der Waals surface area contributed by atoms with Gasteiger partial charge in [-0.25, -0.2) is 4.98 Å². The highest BCUT2D eigenvalue weighted by Crippen LogP contribution is 2.22. The van der Waals surface area contributed by atoms with Gasteiger partial charge in [-0.3, -0.25) is 9.20 Å². The van der Waals surface area contributed by atoms with Crippen molar-refractivity contribution in [2.24, 2.45) is 0 Å². The number of aromatic nitrogens is 2. The number of carbonyl (C=O) groups is 1. The number of fused-ring (bicyclic) bond motifs is 1. The molecule has 0 saturated carbocycles. The minimum absolute atomic E-state index is 0.0960. The van der Waals surface area contributed by atoms with Gasteiger partial charge >= 0.3 is 0 Å². The zero-order valence-corrected chi connectivity index (χ0v) is 16.2. The maximum Gasteiger partial charge on any atom is 0.263 e. The van der Waals surface area contributed by atoms with Crippen molar-refractivity contribution < 1.29 is 9.53 Å². The summed E-state index contributed by atoms with van der Waals surface area (Å²) in [7, 11) is 1.78. The third kappa shape index (κ3) is 3.80. The van der Waals surface area contributed by atoms with Crippen LogP contribution in [-0.2, 0) is 11.3 Å². The Bertz CT molecular complexity index is 918. The van der Waals surface area contributed by atoms with Crippen LogP contribution in [0.2, 0.25) is 5.02 Å². The molecule has 0 saturated heterocycles. The van der Waals surface area contributed by atoms with Gasteiger partial charge in [0.1, 0.15) is 5.75 Å². The quantitative estimate of drug-likeness (QED) is 0.672. The molecule has 0 aliphatic carbocycles. The topological polar surface area (TPSA) is 46.8 Å². The Kier molecular flexibility index (Phi) is 5.01. The van der Waals surface area contributed by atoms with E-state index in [1.165, 1.54) is 4.88 Å². The van der Waals surface area contributed by atoms with Gasteiger partial charge in [0.25, 0.3) is 5.91 Å². The van der Waals surface area contributed by atoms with Gasteiger partial charge in [0, 0.05) is 23.1 Å². The van der Waals surface area contributed by atoms with E-state index in [1.54, 1.807) is 54.5 Å². The average Bonchev–Trinajstić information content (AvgIpc) is 3.03. The van der Waals surface area contributed by atoms with Gasteiger partial charge in [-0.1, -0.05) is 17.7 Å². The summed E-state index contributed by atoms with van der Waals surface area (Å²) in [5.74, 6) is 0.486. The summed E-state index contributed by atoms with van der Waals surface area (Å²) < 4.78 is 7.78. The van der Waals surface area contributed by atoms with Crippen molar-refractivity contribution in [2.45, 2.75) is 33.4 Å². The van der Waals surface area contributed by atoms with Gasteiger partial charge in [0.2, 0.25) is 0 Å². The van der Waals surface area contributed by atoms with Crippen LogP contribution >= 0.6 is 22.9 Å². The molecule has 3 rings (SSSR count). The summed E-state index contributed by atoms with van der Waals surface area (Å²) in [4.78, 5) is 21.0. The molecule has 1 unspecified atom stereocenters. The molecule has 0 bridgehead atoms. The molecule has 5 nitrogen and oxygen atoms in total. The molecular formula is C18H20ClN3O2S. The van der Waals surface area contributed by atoms with Crippen molar-refractivity contribution in [1.29, 1.82) is 0 Å². The van der Waals surface area contributed by atoms with E-state index in [1.807, 2.05) is 13.8 Å². The molecule has 2 heterocycles. The van der Waals surface area contributed by atoms with Gasteiger partial charge < -0.3 is 9.64 Å². The zero-order chi connectivity index (χ0) is 18.1. The molecule has 3 aromatic rings. The van der Waals surface area contributed by atoms with Crippen LogP contribution in [0.15, 0.2) is 30.5 Å². The first-order valence-corrected chi connectivity index (χ1v) is 9.15. The van der Waals surface area contributed by atoms with Gasteiger partial charge in [0.15, 0.2) is 11.1 Å². The minimum atomic E-state index is -0.601. The van der Waals surface area contributed by atoms with E-state index in [0.717, 1.165) is 16.3 Å². The van der Waals surface area contributed by atoms with Crippen LogP contribution in [0.5, 0.6) is 5.75 Å². The molecule has 0 radical (unpaired) electrons. The lowest BCUT2D eigenvalue weighted by molar-refractivity contribution is -0.137. The number of nitrogens with zero attached hydrogens (tertiary/aromatic N) is 3. The molecule has 1 aromatic carbocycles. The Labute approximate surface area is 155 Å². The number of thiazole rings is 1. The standard InChI is InChI=1S/C18H20ClN3O2S/c1-11-9-22-16(12(2)20-18(22)25-11)10-21(4)17(23)13(3)24-15-7-5-6-14(19)8-15/h5-9,13H,10H2,1-4H3. The second-order valence-electron chi connectivity index (χ2n) is 6.05. The Balaban J connectivity index is 1.72. The molecule has 1 atom stereocenters. The van der Waals surface area contributed by atoms with Crippen molar-refractivity contribution in [3.63, 3.8) is 0 Å². The number of likely N-dealkylation sites (N-methyl/N-ethyl adjacent to an activating group) is 1. The van der Waals surface area contributed by atoms with Crippen molar-refractivity contribution >= 4 is 33.8 Å². The highest BCUT2D eigenvalue weighted by atomic mass is 35.5. The number of aryl methyl sites for hydroxylation is 2. The molecule has 0 fully saturated rings. The molecule has 0 spiro atoms. The fourth-order valence-electron chi connectivity index (χ4n) is 2.71. The second-order valence-corrected chi connectivity index (χ2v) is 7.70. The first-order valence-electron chi connectivity index (χ1n) is 7.96. The van der Waals surface area contributed by atoms with Crippen LogP contribution in [0.3, 0.4) is 0 Å². The van der Waals surface area contributed by atoms with Crippen LogP contribution in [0.25, 0.3) is 4.96 Å². The maximum atomic E-state index is 12.7. The maximum absolute atomic E-state index is 12.7. The monoisotopic (exact) mass is 377 g/mol. The van der Waals surface area contributed by atoms with Crippen LogP contribution < -0.4 is 4.74 Å². The number of halogens is 1. The van der Waals surface area contributed by atoms with Gasteiger partial charge in [-0.2, -0.15) is 0 Å². The lowest BCUT2D eigenvalue weighted by Gasteiger charge is -2.22. The van der Waals surface area contributed by atoms with Gasteiger partial charge in [0.05, 0.1) is 17.9 Å². The third-order valence-electron chi connectivity index (χ3n) is 3.96. The number of hydrogen-bond acceptors (Lipinski definition) is 4. The number of rotatable bonds is 5. The van der Waals surface area contributed by atoms with E-state index in [9.17, 15) is 4.79 Å². The summed E-state index contributed by atoms with van der Waals surface area (Å²) in [6, 6.07) is 7.05. The summed E-state index contributed by atoms with van der Waals surface area (Å²) in [5, 5.41) is 0.579. The molecule has 0 aliphatic rings. The highest BCUT2D eigenvalue weighted by molar-refractivity contribution is 7.17. The Morgan fingerprint density at radius 2 is 2.20 bits per heavy atom. The number of ether oxygens (including phenoxy) is 1. The summed E-state index contributed by atoms with van der Waals surface area (Å²) in [5.41, 5.74) is 1.96. The normalized spacial score (nSPS) is 12.4. The molecule has 2 aromatic heterocycles.